The molecule has 0 spiro atoms. The van der Waals surface area contributed by atoms with Crippen LogP contribution in [-0.2, 0) is 11.2 Å². The summed E-state index contributed by atoms with van der Waals surface area (Å²) < 4.78 is 0. The average Bonchev–Trinajstić information content (AvgIpc) is 3.10. The standard InChI is InChI=1S/C19H26N2O/c1-21(18-9-6-14-4-2-3-5-17(14)18)19(22)12-13-10-15-7-8-16(11-13)20-15/h2-5,13,15-16,18,20H,6-12H2,1H3. The number of nitrogens with one attached hydrogen (secondary N) is 1. The van der Waals surface area contributed by atoms with E-state index in [2.05, 4.69) is 29.6 Å². The van der Waals surface area contributed by atoms with Crippen molar-refractivity contribution in [3.8, 4) is 0 Å². The minimum Gasteiger partial charge on any atom is -0.339 e. The number of piperidine rings is 1. The second kappa shape index (κ2) is 5.69. The van der Waals surface area contributed by atoms with Crippen LogP contribution in [0, 0.1) is 5.92 Å². The van der Waals surface area contributed by atoms with Gasteiger partial charge >= 0.3 is 0 Å². The molecule has 3 nitrogen and oxygen atoms in total. The van der Waals surface area contributed by atoms with Crippen molar-refractivity contribution >= 4 is 5.91 Å². The van der Waals surface area contributed by atoms with E-state index in [0.29, 0.717) is 30.0 Å². The molecule has 1 aliphatic carbocycles. The maximum Gasteiger partial charge on any atom is 0.223 e. The van der Waals surface area contributed by atoms with Crippen LogP contribution in [-0.4, -0.2) is 29.9 Å². The van der Waals surface area contributed by atoms with Crippen molar-refractivity contribution in [1.29, 1.82) is 0 Å². The van der Waals surface area contributed by atoms with Gasteiger partial charge in [-0.15, -0.1) is 0 Å². The van der Waals surface area contributed by atoms with Crippen LogP contribution >= 0.6 is 0 Å². The lowest BCUT2D eigenvalue weighted by Crippen LogP contribution is -2.40. The van der Waals surface area contributed by atoms with Gasteiger partial charge in [0.1, 0.15) is 0 Å². The van der Waals surface area contributed by atoms with Crippen LogP contribution in [0.2, 0.25) is 0 Å². The first-order valence-corrected chi connectivity index (χ1v) is 8.80. The van der Waals surface area contributed by atoms with Crippen LogP contribution in [0.3, 0.4) is 0 Å². The molecule has 2 fully saturated rings. The molecular formula is C19H26N2O. The van der Waals surface area contributed by atoms with Gasteiger partial charge in [0.15, 0.2) is 0 Å². The lowest BCUT2D eigenvalue weighted by atomic mass is 9.89. The van der Waals surface area contributed by atoms with E-state index in [9.17, 15) is 4.79 Å². The Labute approximate surface area is 133 Å². The molecule has 2 saturated heterocycles. The van der Waals surface area contributed by atoms with Crippen molar-refractivity contribution in [1.82, 2.24) is 10.2 Å². The Kier molecular flexibility index (Phi) is 3.69. The molecule has 118 valence electrons. The quantitative estimate of drug-likeness (QED) is 0.930. The molecule has 0 saturated carbocycles. The number of amides is 1. The zero-order chi connectivity index (χ0) is 15.1. The fraction of sp³-hybridized carbons (Fsp3) is 0.632. The fourth-order valence-electron chi connectivity index (χ4n) is 4.84. The van der Waals surface area contributed by atoms with Gasteiger partial charge in [0, 0.05) is 25.6 Å². The molecule has 1 aromatic rings. The molecule has 3 unspecified atom stereocenters. The lowest BCUT2D eigenvalue weighted by Gasteiger charge is -2.31. The number of carbonyl (C=O) groups excluding carboxylic acids is 1. The Morgan fingerprint density at radius 1 is 1.18 bits per heavy atom. The summed E-state index contributed by atoms with van der Waals surface area (Å²) in [6.45, 7) is 0. The maximum absolute atomic E-state index is 12.7. The molecule has 1 aromatic carbocycles. The SMILES string of the molecule is CN(C(=O)CC1CC2CCC(C1)N2)C1CCc2ccccc21. The van der Waals surface area contributed by atoms with Crippen LogP contribution in [0.4, 0.5) is 0 Å². The highest BCUT2D eigenvalue weighted by atomic mass is 16.2. The van der Waals surface area contributed by atoms with Crippen LogP contribution in [0.5, 0.6) is 0 Å². The van der Waals surface area contributed by atoms with Gasteiger partial charge in [0.25, 0.3) is 0 Å². The number of hydrogen-bond acceptors (Lipinski definition) is 2. The molecule has 2 heterocycles. The topological polar surface area (TPSA) is 32.3 Å². The van der Waals surface area contributed by atoms with Gasteiger partial charge in [-0.25, -0.2) is 0 Å². The summed E-state index contributed by atoms with van der Waals surface area (Å²) >= 11 is 0. The van der Waals surface area contributed by atoms with Gasteiger partial charge in [-0.05, 0) is 55.6 Å². The summed E-state index contributed by atoms with van der Waals surface area (Å²) in [7, 11) is 2.00. The zero-order valence-electron chi connectivity index (χ0n) is 13.4. The van der Waals surface area contributed by atoms with Gasteiger partial charge in [-0.3, -0.25) is 4.79 Å². The molecule has 0 aromatic heterocycles. The third kappa shape index (κ3) is 2.56. The van der Waals surface area contributed by atoms with Crippen LogP contribution in [0.25, 0.3) is 0 Å². The molecule has 1 N–H and O–H groups in total. The summed E-state index contributed by atoms with van der Waals surface area (Å²) in [6, 6.07) is 10.2. The highest BCUT2D eigenvalue weighted by Gasteiger charge is 2.35. The smallest absolute Gasteiger partial charge is 0.223 e. The number of aryl methyl sites for hydroxylation is 1. The Balaban J connectivity index is 1.41. The molecule has 4 rings (SSSR count). The summed E-state index contributed by atoms with van der Waals surface area (Å²) in [5.74, 6) is 0.929. The lowest BCUT2D eigenvalue weighted by molar-refractivity contribution is -0.133. The molecule has 22 heavy (non-hydrogen) atoms. The number of rotatable bonds is 3. The molecule has 0 radical (unpaired) electrons. The number of carbonyl (C=O) groups is 1. The zero-order valence-corrected chi connectivity index (χ0v) is 13.4. The van der Waals surface area contributed by atoms with Gasteiger partial charge < -0.3 is 10.2 Å². The highest BCUT2D eigenvalue weighted by molar-refractivity contribution is 5.77. The third-order valence-electron chi connectivity index (χ3n) is 6.00. The van der Waals surface area contributed by atoms with Crippen molar-refractivity contribution in [2.24, 2.45) is 5.92 Å². The first-order chi connectivity index (χ1) is 10.7. The van der Waals surface area contributed by atoms with Crippen molar-refractivity contribution < 1.29 is 4.79 Å². The normalized spacial score (nSPS) is 32.8. The Hall–Kier alpha value is -1.35. The number of hydrogen-bond donors (Lipinski definition) is 1. The summed E-state index contributed by atoms with van der Waals surface area (Å²) in [5.41, 5.74) is 2.79. The van der Waals surface area contributed by atoms with Crippen molar-refractivity contribution in [2.45, 2.75) is 63.1 Å². The van der Waals surface area contributed by atoms with E-state index in [1.165, 1.54) is 36.8 Å². The molecule has 1 amide bonds. The van der Waals surface area contributed by atoms with Crippen LogP contribution in [0.15, 0.2) is 24.3 Å². The van der Waals surface area contributed by atoms with Gasteiger partial charge in [0.2, 0.25) is 5.91 Å². The average molecular weight is 298 g/mol. The number of nitrogens with zero attached hydrogens (tertiary/aromatic N) is 1. The summed E-state index contributed by atoms with van der Waals surface area (Å²) in [5, 5.41) is 3.67. The molecule has 3 aliphatic rings. The first kappa shape index (κ1) is 14.3. The van der Waals surface area contributed by atoms with E-state index in [-0.39, 0.29) is 0 Å². The van der Waals surface area contributed by atoms with Gasteiger partial charge in [-0.1, -0.05) is 24.3 Å². The van der Waals surface area contributed by atoms with E-state index in [1.54, 1.807) is 0 Å². The predicted molar refractivity (Wildman–Crippen MR) is 87.6 cm³/mol. The fourth-order valence-corrected chi connectivity index (χ4v) is 4.84. The highest BCUT2D eigenvalue weighted by Crippen LogP contribution is 2.37. The van der Waals surface area contributed by atoms with Crippen molar-refractivity contribution in [3.05, 3.63) is 35.4 Å². The minimum absolute atomic E-state index is 0.294. The van der Waals surface area contributed by atoms with Crippen LogP contribution < -0.4 is 5.32 Å². The maximum atomic E-state index is 12.7. The van der Waals surface area contributed by atoms with Crippen molar-refractivity contribution in [3.63, 3.8) is 0 Å². The van der Waals surface area contributed by atoms with E-state index in [1.807, 2.05) is 11.9 Å². The largest absolute Gasteiger partial charge is 0.339 e. The number of benzene rings is 1. The van der Waals surface area contributed by atoms with E-state index >= 15 is 0 Å². The summed E-state index contributed by atoms with van der Waals surface area (Å²) in [6.07, 6.45) is 7.93. The van der Waals surface area contributed by atoms with E-state index < -0.39 is 0 Å². The molecule has 2 bridgehead atoms. The van der Waals surface area contributed by atoms with Gasteiger partial charge in [0.05, 0.1) is 6.04 Å². The van der Waals surface area contributed by atoms with Crippen molar-refractivity contribution in [2.75, 3.05) is 7.05 Å². The van der Waals surface area contributed by atoms with E-state index in [4.69, 9.17) is 0 Å². The van der Waals surface area contributed by atoms with E-state index in [0.717, 1.165) is 19.3 Å². The molecule has 3 atom stereocenters. The second-order valence-corrected chi connectivity index (χ2v) is 7.44. The van der Waals surface area contributed by atoms with Crippen LogP contribution in [0.1, 0.15) is 55.7 Å². The first-order valence-electron chi connectivity index (χ1n) is 8.80. The third-order valence-corrected chi connectivity index (χ3v) is 6.00. The number of fused-ring (bicyclic) bond motifs is 3. The molecule has 2 aliphatic heterocycles. The summed E-state index contributed by atoms with van der Waals surface area (Å²) in [4.78, 5) is 14.8. The molecule has 3 heteroatoms. The van der Waals surface area contributed by atoms with Gasteiger partial charge in [-0.2, -0.15) is 0 Å². The minimum atomic E-state index is 0.294. The second-order valence-electron chi connectivity index (χ2n) is 7.44. The Bertz CT molecular complexity index is 558. The predicted octanol–water partition coefficient (Wildman–Crippen LogP) is 3.05. The Morgan fingerprint density at radius 2 is 1.91 bits per heavy atom. The Morgan fingerprint density at radius 3 is 2.68 bits per heavy atom. The molecular weight excluding hydrogens is 272 g/mol. The monoisotopic (exact) mass is 298 g/mol.